The van der Waals surface area contributed by atoms with Crippen molar-refractivity contribution >= 4 is 0 Å². The fourth-order valence-corrected chi connectivity index (χ4v) is 1.47. The Hall–Kier alpha value is -0.0800. The molecular weight excluding hydrogens is 138 g/mol. The predicted octanol–water partition coefficient (Wildman–Crippen LogP) is 1.40. The van der Waals surface area contributed by atoms with Gasteiger partial charge >= 0.3 is 0 Å². The van der Waals surface area contributed by atoms with Gasteiger partial charge in [-0.25, -0.2) is 0 Å². The average molecular weight is 157 g/mol. The Labute approximate surface area is 69.1 Å². The Bertz CT molecular complexity index is 117. The predicted molar refractivity (Wildman–Crippen MR) is 46.4 cm³/mol. The molecule has 0 spiro atoms. The van der Waals surface area contributed by atoms with Crippen LogP contribution < -0.4 is 5.73 Å². The molecule has 1 heterocycles. The molecule has 1 aliphatic heterocycles. The molecule has 0 aromatic carbocycles. The summed E-state index contributed by atoms with van der Waals surface area (Å²) in [5.74, 6) is 0.781. The highest BCUT2D eigenvalue weighted by Gasteiger charge is 2.28. The summed E-state index contributed by atoms with van der Waals surface area (Å²) in [5.41, 5.74) is 6.06. The summed E-state index contributed by atoms with van der Waals surface area (Å²) in [4.78, 5) is 0. The Morgan fingerprint density at radius 3 is 2.45 bits per heavy atom. The van der Waals surface area contributed by atoms with Gasteiger partial charge in [-0.05, 0) is 24.8 Å². The molecular formula is C9H19NO. The summed E-state index contributed by atoms with van der Waals surface area (Å²) in [5, 5.41) is 0. The van der Waals surface area contributed by atoms with Crippen molar-refractivity contribution in [2.24, 2.45) is 17.1 Å². The lowest BCUT2D eigenvalue weighted by Gasteiger charge is -2.35. The third kappa shape index (κ3) is 2.17. The molecule has 0 bridgehead atoms. The van der Waals surface area contributed by atoms with Gasteiger partial charge in [0.15, 0.2) is 0 Å². The molecule has 0 saturated carbocycles. The van der Waals surface area contributed by atoms with Crippen LogP contribution in [0.1, 0.15) is 26.7 Å². The maximum Gasteiger partial charge on any atom is 0.0516 e. The van der Waals surface area contributed by atoms with Crippen LogP contribution >= 0.6 is 0 Å². The highest BCUT2D eigenvalue weighted by molar-refractivity contribution is 4.79. The van der Waals surface area contributed by atoms with E-state index in [0.717, 1.165) is 25.7 Å². The lowest BCUT2D eigenvalue weighted by molar-refractivity contribution is -0.0519. The lowest BCUT2D eigenvalue weighted by atomic mass is 9.78. The maximum absolute atomic E-state index is 5.70. The van der Waals surface area contributed by atoms with Crippen LogP contribution in [0.2, 0.25) is 0 Å². The summed E-state index contributed by atoms with van der Waals surface area (Å²) in [6.07, 6.45) is 2.42. The first kappa shape index (κ1) is 9.01. The number of hydrogen-bond acceptors (Lipinski definition) is 2. The normalized spacial score (nSPS) is 24.3. The summed E-state index contributed by atoms with van der Waals surface area (Å²) < 4.78 is 5.13. The van der Waals surface area contributed by atoms with Crippen molar-refractivity contribution in [3.05, 3.63) is 0 Å². The first-order chi connectivity index (χ1) is 5.20. The minimum absolute atomic E-state index is 0.356. The van der Waals surface area contributed by atoms with Crippen LogP contribution in [0.15, 0.2) is 0 Å². The van der Waals surface area contributed by atoms with Crippen molar-refractivity contribution in [1.82, 2.24) is 0 Å². The van der Waals surface area contributed by atoms with Crippen LogP contribution in [0.4, 0.5) is 0 Å². The SMILES string of the molecule is CCC(C)(CN)CC1COC1. The summed E-state index contributed by atoms with van der Waals surface area (Å²) in [7, 11) is 0. The van der Waals surface area contributed by atoms with Gasteiger partial charge in [-0.2, -0.15) is 0 Å². The van der Waals surface area contributed by atoms with Gasteiger partial charge in [0.1, 0.15) is 0 Å². The Kier molecular flexibility index (Phi) is 2.90. The average Bonchev–Trinajstić information content (AvgIpc) is 1.97. The van der Waals surface area contributed by atoms with Crippen LogP contribution in [0.25, 0.3) is 0 Å². The Balaban J connectivity index is 2.29. The number of ether oxygens (including phenoxy) is 1. The summed E-state index contributed by atoms with van der Waals surface area (Å²) in [6.45, 7) is 7.20. The van der Waals surface area contributed by atoms with Gasteiger partial charge in [-0.15, -0.1) is 0 Å². The zero-order valence-electron chi connectivity index (χ0n) is 7.60. The van der Waals surface area contributed by atoms with E-state index >= 15 is 0 Å². The van der Waals surface area contributed by atoms with Crippen LogP contribution in [-0.2, 0) is 4.74 Å². The van der Waals surface area contributed by atoms with Crippen LogP contribution in [0.5, 0.6) is 0 Å². The molecule has 1 rings (SSSR count). The first-order valence-corrected chi connectivity index (χ1v) is 4.48. The minimum Gasteiger partial charge on any atom is -0.381 e. The van der Waals surface area contributed by atoms with Crippen molar-refractivity contribution < 1.29 is 4.74 Å². The quantitative estimate of drug-likeness (QED) is 0.669. The fraction of sp³-hybridized carbons (Fsp3) is 1.00. The molecule has 0 radical (unpaired) electrons. The molecule has 0 aromatic heterocycles. The van der Waals surface area contributed by atoms with Gasteiger partial charge in [-0.1, -0.05) is 13.8 Å². The van der Waals surface area contributed by atoms with Crippen molar-refractivity contribution in [3.8, 4) is 0 Å². The first-order valence-electron chi connectivity index (χ1n) is 4.48. The zero-order valence-corrected chi connectivity index (χ0v) is 7.60. The molecule has 1 atom stereocenters. The molecule has 1 unspecified atom stereocenters. The van der Waals surface area contributed by atoms with Crippen molar-refractivity contribution in [2.75, 3.05) is 19.8 Å². The second-order valence-corrected chi connectivity index (χ2v) is 3.98. The van der Waals surface area contributed by atoms with Crippen LogP contribution in [0.3, 0.4) is 0 Å². The van der Waals surface area contributed by atoms with E-state index < -0.39 is 0 Å². The van der Waals surface area contributed by atoms with Gasteiger partial charge in [0.2, 0.25) is 0 Å². The molecule has 11 heavy (non-hydrogen) atoms. The standard InChI is InChI=1S/C9H19NO/c1-3-9(2,7-10)4-8-5-11-6-8/h8H,3-7,10H2,1-2H3. The molecule has 2 heteroatoms. The van der Waals surface area contributed by atoms with E-state index in [-0.39, 0.29) is 0 Å². The smallest absolute Gasteiger partial charge is 0.0516 e. The number of nitrogens with two attached hydrogens (primary N) is 1. The number of rotatable bonds is 4. The molecule has 2 nitrogen and oxygen atoms in total. The van der Waals surface area contributed by atoms with E-state index in [9.17, 15) is 0 Å². The molecule has 2 N–H and O–H groups in total. The third-order valence-corrected chi connectivity index (χ3v) is 2.83. The molecule has 0 aliphatic carbocycles. The highest BCUT2D eigenvalue weighted by Crippen LogP contribution is 2.31. The van der Waals surface area contributed by atoms with E-state index in [4.69, 9.17) is 10.5 Å². The van der Waals surface area contributed by atoms with E-state index in [1.54, 1.807) is 0 Å². The van der Waals surface area contributed by atoms with Crippen molar-refractivity contribution in [3.63, 3.8) is 0 Å². The molecule has 66 valence electrons. The molecule has 0 aromatic rings. The largest absolute Gasteiger partial charge is 0.381 e. The Morgan fingerprint density at radius 2 is 2.18 bits per heavy atom. The zero-order chi connectivity index (χ0) is 8.32. The molecule has 1 saturated heterocycles. The highest BCUT2D eigenvalue weighted by atomic mass is 16.5. The lowest BCUT2D eigenvalue weighted by Crippen LogP contribution is -2.36. The van der Waals surface area contributed by atoms with E-state index in [1.165, 1.54) is 12.8 Å². The monoisotopic (exact) mass is 157 g/mol. The third-order valence-electron chi connectivity index (χ3n) is 2.83. The fourth-order valence-electron chi connectivity index (χ4n) is 1.47. The van der Waals surface area contributed by atoms with Crippen molar-refractivity contribution in [1.29, 1.82) is 0 Å². The van der Waals surface area contributed by atoms with Gasteiger partial charge < -0.3 is 10.5 Å². The molecule has 1 fully saturated rings. The summed E-state index contributed by atoms with van der Waals surface area (Å²) in [6, 6.07) is 0. The van der Waals surface area contributed by atoms with E-state index in [1.807, 2.05) is 0 Å². The van der Waals surface area contributed by atoms with Gasteiger partial charge in [0.25, 0.3) is 0 Å². The van der Waals surface area contributed by atoms with Crippen molar-refractivity contribution in [2.45, 2.75) is 26.7 Å². The second-order valence-electron chi connectivity index (χ2n) is 3.98. The number of hydrogen-bond donors (Lipinski definition) is 1. The Morgan fingerprint density at radius 1 is 1.55 bits per heavy atom. The van der Waals surface area contributed by atoms with Gasteiger partial charge in [-0.3, -0.25) is 0 Å². The molecule has 0 amide bonds. The second kappa shape index (κ2) is 3.55. The topological polar surface area (TPSA) is 35.2 Å². The molecule has 1 aliphatic rings. The van der Waals surface area contributed by atoms with E-state index in [0.29, 0.717) is 5.41 Å². The minimum atomic E-state index is 0.356. The summed E-state index contributed by atoms with van der Waals surface area (Å²) >= 11 is 0. The van der Waals surface area contributed by atoms with Gasteiger partial charge in [0, 0.05) is 5.92 Å². The van der Waals surface area contributed by atoms with Gasteiger partial charge in [0.05, 0.1) is 13.2 Å². The van der Waals surface area contributed by atoms with E-state index in [2.05, 4.69) is 13.8 Å². The van der Waals surface area contributed by atoms with Crippen LogP contribution in [-0.4, -0.2) is 19.8 Å². The van der Waals surface area contributed by atoms with Crippen LogP contribution in [0, 0.1) is 11.3 Å². The maximum atomic E-state index is 5.70.